The number of rotatable bonds is 4. The molecule has 0 spiro atoms. The number of fused-ring (bicyclic) bond motifs is 3. The van der Waals surface area contributed by atoms with Crippen molar-refractivity contribution in [1.82, 2.24) is 0 Å². The number of carbonyl (C=O) groups excluding carboxylic acids is 1. The zero-order valence-corrected chi connectivity index (χ0v) is 17.9. The van der Waals surface area contributed by atoms with Crippen molar-refractivity contribution in [3.63, 3.8) is 0 Å². The van der Waals surface area contributed by atoms with Crippen molar-refractivity contribution >= 4 is 61.7 Å². The fourth-order valence-corrected chi connectivity index (χ4v) is 5.19. The van der Waals surface area contributed by atoms with E-state index in [-0.39, 0.29) is 11.2 Å². The maximum Gasteiger partial charge on any atom is 0.227 e. The molecule has 3 aromatic rings. The summed E-state index contributed by atoms with van der Waals surface area (Å²) in [5.74, 6) is 0.186. The van der Waals surface area contributed by atoms with Crippen LogP contribution in [0.5, 0.6) is 0 Å². The molecule has 0 aromatic heterocycles. The predicted molar refractivity (Wildman–Crippen MR) is 119 cm³/mol. The van der Waals surface area contributed by atoms with Crippen molar-refractivity contribution in [2.75, 3.05) is 16.8 Å². The van der Waals surface area contributed by atoms with Gasteiger partial charge in [0.25, 0.3) is 0 Å². The van der Waals surface area contributed by atoms with Crippen molar-refractivity contribution in [2.24, 2.45) is 0 Å². The summed E-state index contributed by atoms with van der Waals surface area (Å²) in [6.45, 7) is 0.675. The lowest BCUT2D eigenvalue weighted by atomic mass is 10.1. The summed E-state index contributed by atoms with van der Waals surface area (Å²) >= 11 is 11.3. The van der Waals surface area contributed by atoms with Crippen molar-refractivity contribution in [1.29, 1.82) is 0 Å². The largest absolute Gasteiger partial charge is 0.309 e. The van der Waals surface area contributed by atoms with Gasteiger partial charge in [0, 0.05) is 33.6 Å². The molecule has 0 aliphatic carbocycles. The third-order valence-corrected chi connectivity index (χ3v) is 6.92. The number of anilines is 1. The van der Waals surface area contributed by atoms with Gasteiger partial charge in [-0.05, 0) is 35.6 Å². The van der Waals surface area contributed by atoms with Crippen molar-refractivity contribution < 1.29 is 4.79 Å². The molecule has 2 nitrogen and oxygen atoms in total. The third-order valence-electron chi connectivity index (χ3n) is 4.82. The van der Waals surface area contributed by atoms with Gasteiger partial charge in [-0.2, -0.15) is 0 Å². The summed E-state index contributed by atoms with van der Waals surface area (Å²) in [6.07, 6.45) is 1.39. The molecule has 1 aliphatic rings. The van der Waals surface area contributed by atoms with Crippen LogP contribution in [0, 0.1) is 0 Å². The van der Waals surface area contributed by atoms with Gasteiger partial charge in [0.15, 0.2) is 0 Å². The van der Waals surface area contributed by atoms with Crippen LogP contribution in [-0.2, 0) is 4.79 Å². The average Bonchev–Trinajstić information content (AvgIpc) is 2.71. The number of carbonyl (C=O) groups is 1. The van der Waals surface area contributed by atoms with E-state index >= 15 is 0 Å². The predicted octanol–water partition coefficient (Wildman–Crippen LogP) is 6.85. The lowest BCUT2D eigenvalue weighted by molar-refractivity contribution is -0.118. The number of alkyl halides is 1. The molecule has 3 aromatic carbocycles. The van der Waals surface area contributed by atoms with Gasteiger partial charge in [-0.25, -0.2) is 0 Å². The molecule has 1 amide bonds. The molecule has 0 bridgehead atoms. The van der Waals surface area contributed by atoms with E-state index in [0.717, 1.165) is 32.7 Å². The Kier molecular flexibility index (Phi) is 5.76. The first-order valence-electron chi connectivity index (χ1n) is 8.97. The molecule has 1 atom stereocenters. The Balaban J connectivity index is 1.78. The number of thioether (sulfide) groups is 1. The molecule has 0 radical (unpaired) electrons. The van der Waals surface area contributed by atoms with E-state index in [0.29, 0.717) is 13.0 Å². The lowest BCUT2D eigenvalue weighted by Crippen LogP contribution is -2.36. The Morgan fingerprint density at radius 3 is 2.67 bits per heavy atom. The molecule has 1 heterocycles. The van der Waals surface area contributed by atoms with Gasteiger partial charge in [-0.15, -0.1) is 11.8 Å². The SMILES string of the molecule is O=C(CCCBr)N1CC(c2ccc(Cl)cc2)Sc2ccc3ccccc3c21. The lowest BCUT2D eigenvalue weighted by Gasteiger charge is -2.35. The van der Waals surface area contributed by atoms with Crippen molar-refractivity contribution in [3.05, 3.63) is 71.2 Å². The summed E-state index contributed by atoms with van der Waals surface area (Å²) in [7, 11) is 0. The van der Waals surface area contributed by atoms with Crippen molar-refractivity contribution in [3.8, 4) is 0 Å². The van der Waals surface area contributed by atoms with Gasteiger partial charge in [-0.1, -0.05) is 70.0 Å². The molecular weight excluding hydrogens is 442 g/mol. The Bertz CT molecular complexity index is 976. The van der Waals surface area contributed by atoms with Gasteiger partial charge in [0.05, 0.1) is 10.9 Å². The number of nitrogens with zero attached hydrogens (tertiary/aromatic N) is 1. The van der Waals surface area contributed by atoms with E-state index in [4.69, 9.17) is 11.6 Å². The molecular formula is C22H19BrClNOS. The van der Waals surface area contributed by atoms with Crippen LogP contribution in [0.3, 0.4) is 0 Å². The first-order valence-corrected chi connectivity index (χ1v) is 11.4. The fraction of sp³-hybridized carbons (Fsp3) is 0.227. The minimum atomic E-state index is 0.186. The van der Waals surface area contributed by atoms with E-state index in [1.54, 1.807) is 0 Å². The standard InChI is InChI=1S/C22H19BrClNOS/c23-13-3-6-21(26)25-14-20(16-7-10-17(24)11-8-16)27-19-12-9-15-4-1-2-5-18(15)22(19)25/h1-2,4-5,7-12,20H,3,6,13-14H2. The molecule has 0 fully saturated rings. The van der Waals surface area contributed by atoms with Crippen molar-refractivity contribution in [2.45, 2.75) is 23.0 Å². The maximum atomic E-state index is 13.1. The van der Waals surface area contributed by atoms with Crippen LogP contribution in [0.2, 0.25) is 5.02 Å². The van der Waals surface area contributed by atoms with Gasteiger partial charge in [0.2, 0.25) is 5.91 Å². The Hall–Kier alpha value is -1.49. The van der Waals surface area contributed by atoms with E-state index in [2.05, 4.69) is 52.3 Å². The number of hydrogen-bond acceptors (Lipinski definition) is 2. The molecule has 0 saturated carbocycles. The molecule has 27 heavy (non-hydrogen) atoms. The van der Waals surface area contributed by atoms with Gasteiger partial charge < -0.3 is 4.90 Å². The Morgan fingerprint density at radius 1 is 1.11 bits per heavy atom. The van der Waals surface area contributed by atoms with Crippen LogP contribution in [0.1, 0.15) is 23.7 Å². The number of amides is 1. The topological polar surface area (TPSA) is 20.3 Å². The number of halogens is 2. The van der Waals surface area contributed by atoms with E-state index < -0.39 is 0 Å². The first-order chi connectivity index (χ1) is 13.2. The van der Waals surface area contributed by atoms with Crippen LogP contribution < -0.4 is 4.90 Å². The second-order valence-electron chi connectivity index (χ2n) is 6.59. The fourth-order valence-electron chi connectivity index (χ4n) is 3.49. The summed E-state index contributed by atoms with van der Waals surface area (Å²) < 4.78 is 0. The summed E-state index contributed by atoms with van der Waals surface area (Å²) in [6, 6.07) is 20.6. The zero-order chi connectivity index (χ0) is 18.8. The average molecular weight is 461 g/mol. The van der Waals surface area contributed by atoms with Gasteiger partial charge in [0.1, 0.15) is 0 Å². The molecule has 1 aliphatic heterocycles. The van der Waals surface area contributed by atoms with Crippen LogP contribution >= 0.6 is 39.3 Å². The highest BCUT2D eigenvalue weighted by Crippen LogP contribution is 2.48. The van der Waals surface area contributed by atoms with Gasteiger partial charge in [-0.3, -0.25) is 4.79 Å². The maximum absolute atomic E-state index is 13.1. The molecule has 1 unspecified atom stereocenters. The third kappa shape index (κ3) is 3.89. The summed E-state index contributed by atoms with van der Waals surface area (Å²) in [5.41, 5.74) is 2.25. The highest BCUT2D eigenvalue weighted by Gasteiger charge is 2.31. The summed E-state index contributed by atoms with van der Waals surface area (Å²) in [4.78, 5) is 16.2. The monoisotopic (exact) mass is 459 g/mol. The zero-order valence-electron chi connectivity index (χ0n) is 14.7. The molecule has 0 N–H and O–H groups in total. The van der Waals surface area contributed by atoms with E-state index in [1.807, 2.05) is 40.9 Å². The number of hydrogen-bond donors (Lipinski definition) is 0. The summed E-state index contributed by atoms with van der Waals surface area (Å²) in [5, 5.41) is 4.08. The Labute approximate surface area is 177 Å². The normalized spacial score (nSPS) is 16.4. The van der Waals surface area contributed by atoms with E-state index in [1.165, 1.54) is 10.9 Å². The van der Waals surface area contributed by atoms with E-state index in [9.17, 15) is 4.79 Å². The minimum absolute atomic E-state index is 0.186. The highest BCUT2D eigenvalue weighted by atomic mass is 79.9. The second-order valence-corrected chi connectivity index (χ2v) is 9.06. The molecule has 0 saturated heterocycles. The Morgan fingerprint density at radius 2 is 1.89 bits per heavy atom. The second kappa shape index (κ2) is 8.26. The van der Waals surface area contributed by atoms with Gasteiger partial charge >= 0.3 is 0 Å². The van der Waals surface area contributed by atoms with Crippen LogP contribution in [0.25, 0.3) is 10.8 Å². The smallest absolute Gasteiger partial charge is 0.227 e. The number of benzene rings is 3. The molecule has 138 valence electrons. The van der Waals surface area contributed by atoms with Crippen LogP contribution in [0.15, 0.2) is 65.6 Å². The molecule has 4 rings (SSSR count). The molecule has 5 heteroatoms. The minimum Gasteiger partial charge on any atom is -0.309 e. The highest BCUT2D eigenvalue weighted by molar-refractivity contribution is 9.09. The van der Waals surface area contributed by atoms with Crippen LogP contribution in [-0.4, -0.2) is 17.8 Å². The quantitative estimate of drug-likeness (QED) is 0.397. The van der Waals surface area contributed by atoms with Crippen LogP contribution in [0.4, 0.5) is 5.69 Å². The first kappa shape index (κ1) is 18.9.